The van der Waals surface area contributed by atoms with Crippen LogP contribution in [-0.2, 0) is 16.6 Å². The fourth-order valence-corrected chi connectivity index (χ4v) is 2.47. The van der Waals surface area contributed by atoms with Crippen LogP contribution in [-0.4, -0.2) is 40.5 Å². The highest BCUT2D eigenvalue weighted by Crippen LogP contribution is 2.14. The molecule has 17 heavy (non-hydrogen) atoms. The first-order valence-corrected chi connectivity index (χ1v) is 6.72. The van der Waals surface area contributed by atoms with E-state index in [1.165, 1.54) is 11.8 Å². The summed E-state index contributed by atoms with van der Waals surface area (Å²) in [4.78, 5) is 15.7. The predicted molar refractivity (Wildman–Crippen MR) is 65.9 cm³/mol. The number of carbonyl (C=O) groups is 1. The Morgan fingerprint density at radius 1 is 1.76 bits per heavy atom. The second-order valence-corrected chi connectivity index (χ2v) is 4.99. The number of ether oxygens (including phenoxy) is 1. The van der Waals surface area contributed by atoms with Crippen LogP contribution in [0.5, 0.6) is 0 Å². The molecule has 2 heterocycles. The van der Waals surface area contributed by atoms with Crippen LogP contribution in [0.1, 0.15) is 12.8 Å². The van der Waals surface area contributed by atoms with E-state index in [0.29, 0.717) is 12.3 Å². The molecule has 1 aromatic rings. The topological polar surface area (TPSA) is 56.2 Å². The lowest BCUT2D eigenvalue weighted by Crippen LogP contribution is -2.32. The lowest BCUT2D eigenvalue weighted by molar-refractivity contribution is -0.119. The summed E-state index contributed by atoms with van der Waals surface area (Å²) in [5.74, 6) is 0.436. The fourth-order valence-electron chi connectivity index (χ4n) is 1.71. The zero-order valence-electron chi connectivity index (χ0n) is 9.89. The standard InChI is InChI=1S/C11H17N3O2S/c1-14-5-4-12-11(14)17-8-10(15)13-7-9-3-2-6-16-9/h4-5,9H,2-3,6-8H2,1H3,(H,13,15)/t9-/m1/s1. The van der Waals surface area contributed by atoms with Crippen LogP contribution in [0, 0.1) is 0 Å². The van der Waals surface area contributed by atoms with E-state index in [-0.39, 0.29) is 12.0 Å². The molecule has 1 fully saturated rings. The predicted octanol–water partition coefficient (Wildman–Crippen LogP) is 0.807. The van der Waals surface area contributed by atoms with Gasteiger partial charge in [0.15, 0.2) is 5.16 Å². The summed E-state index contributed by atoms with van der Waals surface area (Å²) in [6.45, 7) is 1.45. The Balaban J connectivity index is 1.65. The number of rotatable bonds is 5. The molecular formula is C11H17N3O2S. The van der Waals surface area contributed by atoms with Crippen LogP contribution in [0.25, 0.3) is 0 Å². The van der Waals surface area contributed by atoms with Gasteiger partial charge < -0.3 is 14.6 Å². The Hall–Kier alpha value is -1.01. The molecule has 6 heteroatoms. The zero-order valence-corrected chi connectivity index (χ0v) is 10.7. The highest BCUT2D eigenvalue weighted by Gasteiger charge is 2.16. The van der Waals surface area contributed by atoms with Gasteiger partial charge in [-0.15, -0.1) is 0 Å². The number of amides is 1. The van der Waals surface area contributed by atoms with Gasteiger partial charge in [0, 0.05) is 32.6 Å². The van der Waals surface area contributed by atoms with Crippen molar-refractivity contribution < 1.29 is 9.53 Å². The van der Waals surface area contributed by atoms with Crippen molar-refractivity contribution in [3.8, 4) is 0 Å². The summed E-state index contributed by atoms with van der Waals surface area (Å²) in [5.41, 5.74) is 0. The highest BCUT2D eigenvalue weighted by atomic mass is 32.2. The molecule has 1 atom stereocenters. The lowest BCUT2D eigenvalue weighted by atomic mass is 10.2. The summed E-state index contributed by atoms with van der Waals surface area (Å²) < 4.78 is 7.34. The molecule has 1 amide bonds. The Morgan fingerprint density at radius 3 is 3.29 bits per heavy atom. The van der Waals surface area contributed by atoms with E-state index in [4.69, 9.17) is 4.74 Å². The number of aryl methyl sites for hydroxylation is 1. The minimum absolute atomic E-state index is 0.0356. The SMILES string of the molecule is Cn1ccnc1SCC(=O)NC[C@H]1CCCO1. The van der Waals surface area contributed by atoms with Gasteiger partial charge in [0.2, 0.25) is 5.91 Å². The minimum atomic E-state index is 0.0356. The van der Waals surface area contributed by atoms with E-state index < -0.39 is 0 Å². The van der Waals surface area contributed by atoms with Crippen LogP contribution in [0.4, 0.5) is 0 Å². The third kappa shape index (κ3) is 3.74. The van der Waals surface area contributed by atoms with Crippen molar-refractivity contribution in [3.63, 3.8) is 0 Å². The molecule has 0 unspecified atom stereocenters. The van der Waals surface area contributed by atoms with Crippen LogP contribution >= 0.6 is 11.8 Å². The molecule has 0 bridgehead atoms. The Morgan fingerprint density at radius 2 is 2.65 bits per heavy atom. The molecule has 0 saturated carbocycles. The molecule has 1 saturated heterocycles. The maximum atomic E-state index is 11.6. The smallest absolute Gasteiger partial charge is 0.230 e. The van der Waals surface area contributed by atoms with Gasteiger partial charge >= 0.3 is 0 Å². The number of hydrogen-bond donors (Lipinski definition) is 1. The molecule has 2 rings (SSSR count). The zero-order chi connectivity index (χ0) is 12.1. The van der Waals surface area contributed by atoms with Gasteiger partial charge in [-0.2, -0.15) is 0 Å². The number of hydrogen-bond acceptors (Lipinski definition) is 4. The monoisotopic (exact) mass is 255 g/mol. The van der Waals surface area contributed by atoms with Crippen LogP contribution in [0.2, 0.25) is 0 Å². The Bertz CT molecular complexity index is 375. The van der Waals surface area contributed by atoms with Gasteiger partial charge in [-0.25, -0.2) is 4.98 Å². The van der Waals surface area contributed by atoms with Crippen molar-refractivity contribution in [2.75, 3.05) is 18.9 Å². The first-order chi connectivity index (χ1) is 8.25. The molecule has 0 aliphatic carbocycles. The van der Waals surface area contributed by atoms with Gasteiger partial charge in [-0.3, -0.25) is 4.79 Å². The third-order valence-electron chi connectivity index (χ3n) is 2.66. The van der Waals surface area contributed by atoms with Crippen molar-refractivity contribution in [3.05, 3.63) is 12.4 Å². The molecule has 5 nitrogen and oxygen atoms in total. The largest absolute Gasteiger partial charge is 0.376 e. The van der Waals surface area contributed by atoms with Gasteiger partial charge in [0.1, 0.15) is 0 Å². The van der Waals surface area contributed by atoms with Crippen LogP contribution < -0.4 is 5.32 Å². The van der Waals surface area contributed by atoms with Crippen molar-refractivity contribution in [1.82, 2.24) is 14.9 Å². The molecule has 94 valence electrons. The maximum absolute atomic E-state index is 11.6. The first kappa shape index (κ1) is 12.4. The average Bonchev–Trinajstić information content (AvgIpc) is 2.95. The summed E-state index contributed by atoms with van der Waals surface area (Å²) in [6.07, 6.45) is 5.95. The molecule has 0 radical (unpaired) electrons. The van der Waals surface area contributed by atoms with E-state index in [0.717, 1.165) is 24.6 Å². The number of nitrogens with one attached hydrogen (secondary N) is 1. The first-order valence-electron chi connectivity index (χ1n) is 5.74. The van der Waals surface area contributed by atoms with Crippen molar-refractivity contribution in [2.24, 2.45) is 7.05 Å². The Kier molecular flexibility index (Phi) is 4.44. The lowest BCUT2D eigenvalue weighted by Gasteiger charge is -2.10. The van der Waals surface area contributed by atoms with Crippen LogP contribution in [0.3, 0.4) is 0 Å². The van der Waals surface area contributed by atoms with Crippen molar-refractivity contribution in [2.45, 2.75) is 24.1 Å². The molecule has 0 spiro atoms. The summed E-state index contributed by atoms with van der Waals surface area (Å²) in [5, 5.41) is 3.74. The van der Waals surface area contributed by atoms with E-state index in [1.807, 2.05) is 17.8 Å². The molecular weight excluding hydrogens is 238 g/mol. The van der Waals surface area contributed by atoms with Gasteiger partial charge in [-0.05, 0) is 12.8 Å². The van der Waals surface area contributed by atoms with E-state index >= 15 is 0 Å². The number of aromatic nitrogens is 2. The molecule has 0 aromatic carbocycles. The van der Waals surface area contributed by atoms with Crippen molar-refractivity contribution in [1.29, 1.82) is 0 Å². The summed E-state index contributed by atoms with van der Waals surface area (Å²) in [7, 11) is 1.92. The van der Waals surface area contributed by atoms with E-state index in [1.54, 1.807) is 6.20 Å². The van der Waals surface area contributed by atoms with Gasteiger partial charge in [-0.1, -0.05) is 11.8 Å². The highest BCUT2D eigenvalue weighted by molar-refractivity contribution is 7.99. The third-order valence-corrected chi connectivity index (χ3v) is 3.72. The summed E-state index contributed by atoms with van der Waals surface area (Å²) >= 11 is 1.44. The quantitative estimate of drug-likeness (QED) is 0.791. The fraction of sp³-hybridized carbons (Fsp3) is 0.636. The average molecular weight is 255 g/mol. The molecule has 1 N–H and O–H groups in total. The van der Waals surface area contributed by atoms with Gasteiger partial charge in [0.05, 0.1) is 11.9 Å². The normalized spacial score (nSPS) is 19.5. The van der Waals surface area contributed by atoms with E-state index in [9.17, 15) is 4.79 Å². The molecule has 1 aromatic heterocycles. The Labute approximate surface area is 105 Å². The number of thioether (sulfide) groups is 1. The second kappa shape index (κ2) is 6.07. The second-order valence-electron chi connectivity index (χ2n) is 4.05. The number of nitrogens with zero attached hydrogens (tertiary/aromatic N) is 2. The van der Waals surface area contributed by atoms with Crippen molar-refractivity contribution >= 4 is 17.7 Å². The van der Waals surface area contributed by atoms with Crippen LogP contribution in [0.15, 0.2) is 17.6 Å². The summed E-state index contributed by atoms with van der Waals surface area (Å²) in [6, 6.07) is 0. The number of carbonyl (C=O) groups excluding carboxylic acids is 1. The minimum Gasteiger partial charge on any atom is -0.376 e. The maximum Gasteiger partial charge on any atom is 0.230 e. The molecule has 1 aliphatic heterocycles. The van der Waals surface area contributed by atoms with E-state index in [2.05, 4.69) is 10.3 Å². The van der Waals surface area contributed by atoms with Gasteiger partial charge in [0.25, 0.3) is 0 Å². The number of imidazole rings is 1. The molecule has 1 aliphatic rings.